The highest BCUT2D eigenvalue weighted by Crippen LogP contribution is 2.33. The Labute approximate surface area is 148 Å². The number of morpholine rings is 1. The molecule has 1 aromatic carbocycles. The molecule has 9 heteroatoms. The molecular weight excluding hydrogens is 346 g/mol. The number of hydrogen-bond acceptors (Lipinski definition) is 6. The smallest absolute Gasteiger partial charge is 0.293 e. The van der Waals surface area contributed by atoms with Gasteiger partial charge in [-0.2, -0.15) is 0 Å². The van der Waals surface area contributed by atoms with E-state index in [-0.39, 0.29) is 22.8 Å². The molecule has 1 aliphatic heterocycles. The third kappa shape index (κ3) is 4.90. The first kappa shape index (κ1) is 19.6. The highest BCUT2D eigenvalue weighted by atomic mass is 32.2. The van der Waals surface area contributed by atoms with E-state index in [4.69, 9.17) is 4.74 Å². The summed E-state index contributed by atoms with van der Waals surface area (Å²) in [6.45, 7) is 9.97. The number of nitro groups is 1. The summed E-state index contributed by atoms with van der Waals surface area (Å²) in [6, 6.07) is 4.02. The fourth-order valence-electron chi connectivity index (χ4n) is 2.92. The molecule has 2 rings (SSSR count). The Kier molecular flexibility index (Phi) is 5.41. The molecule has 1 saturated heterocycles. The van der Waals surface area contributed by atoms with Gasteiger partial charge in [-0.1, -0.05) is 0 Å². The van der Waals surface area contributed by atoms with Crippen molar-refractivity contribution in [1.29, 1.82) is 0 Å². The van der Waals surface area contributed by atoms with E-state index < -0.39 is 20.5 Å². The summed E-state index contributed by atoms with van der Waals surface area (Å²) < 4.78 is 33.1. The van der Waals surface area contributed by atoms with Gasteiger partial charge in [-0.05, 0) is 46.8 Å². The quantitative estimate of drug-likeness (QED) is 0.643. The van der Waals surface area contributed by atoms with Gasteiger partial charge in [0.1, 0.15) is 5.69 Å². The Morgan fingerprint density at radius 2 is 1.80 bits per heavy atom. The van der Waals surface area contributed by atoms with Crippen molar-refractivity contribution in [3.8, 4) is 0 Å². The van der Waals surface area contributed by atoms with Gasteiger partial charge < -0.3 is 9.64 Å². The van der Waals surface area contributed by atoms with Crippen LogP contribution in [0.3, 0.4) is 0 Å². The molecule has 0 bridgehead atoms. The number of benzene rings is 1. The topological polar surface area (TPSA) is 102 Å². The van der Waals surface area contributed by atoms with E-state index in [0.717, 1.165) is 6.07 Å². The Balaban J connectivity index is 2.43. The summed E-state index contributed by atoms with van der Waals surface area (Å²) in [5.74, 6) is 0. The molecule has 1 aliphatic rings. The van der Waals surface area contributed by atoms with Crippen LogP contribution in [0.15, 0.2) is 23.1 Å². The van der Waals surface area contributed by atoms with Gasteiger partial charge in [0.25, 0.3) is 5.69 Å². The highest BCUT2D eigenvalue weighted by molar-refractivity contribution is 7.89. The number of anilines is 1. The van der Waals surface area contributed by atoms with Gasteiger partial charge in [0.05, 0.1) is 22.0 Å². The van der Waals surface area contributed by atoms with Crippen molar-refractivity contribution < 1.29 is 18.1 Å². The largest absolute Gasteiger partial charge is 0.372 e. The number of nitrogens with one attached hydrogen (secondary N) is 1. The van der Waals surface area contributed by atoms with E-state index in [1.807, 2.05) is 18.7 Å². The molecule has 140 valence electrons. The first-order valence-electron chi connectivity index (χ1n) is 8.12. The predicted molar refractivity (Wildman–Crippen MR) is 95.4 cm³/mol. The van der Waals surface area contributed by atoms with Crippen LogP contribution >= 0.6 is 0 Å². The van der Waals surface area contributed by atoms with Gasteiger partial charge in [-0.15, -0.1) is 0 Å². The highest BCUT2D eigenvalue weighted by Gasteiger charge is 2.30. The predicted octanol–water partition coefficient (Wildman–Crippen LogP) is 2.29. The SMILES string of the molecule is C[C@@H]1CN(c2ccc(S(=O)(=O)NC(C)(C)C)cc2[N+](=O)[O-])C[C@H](C)O1. The van der Waals surface area contributed by atoms with Crippen molar-refractivity contribution in [1.82, 2.24) is 4.72 Å². The maximum Gasteiger partial charge on any atom is 0.293 e. The van der Waals surface area contributed by atoms with Crippen LogP contribution in [-0.2, 0) is 14.8 Å². The normalized spacial score (nSPS) is 22.0. The molecule has 0 amide bonds. The third-order valence-electron chi connectivity index (χ3n) is 3.65. The van der Waals surface area contributed by atoms with Crippen molar-refractivity contribution in [2.24, 2.45) is 0 Å². The molecule has 0 spiro atoms. The van der Waals surface area contributed by atoms with Crippen molar-refractivity contribution in [2.75, 3.05) is 18.0 Å². The second-order valence-corrected chi connectivity index (χ2v) is 9.11. The monoisotopic (exact) mass is 371 g/mol. The minimum Gasteiger partial charge on any atom is -0.372 e. The molecule has 0 aromatic heterocycles. The van der Waals surface area contributed by atoms with E-state index in [2.05, 4.69) is 4.72 Å². The van der Waals surface area contributed by atoms with Crippen LogP contribution in [-0.4, -0.2) is 44.2 Å². The summed E-state index contributed by atoms with van der Waals surface area (Å²) >= 11 is 0. The lowest BCUT2D eigenvalue weighted by atomic mass is 10.1. The molecule has 0 unspecified atom stereocenters. The summed E-state index contributed by atoms with van der Waals surface area (Å²) in [4.78, 5) is 12.7. The molecule has 1 heterocycles. The van der Waals surface area contributed by atoms with Gasteiger partial charge in [0.2, 0.25) is 10.0 Å². The fourth-order valence-corrected chi connectivity index (χ4v) is 4.36. The minimum absolute atomic E-state index is 0.0608. The average Bonchev–Trinajstić information content (AvgIpc) is 2.43. The summed E-state index contributed by atoms with van der Waals surface area (Å²) in [5.41, 5.74) is -0.499. The molecule has 25 heavy (non-hydrogen) atoms. The number of nitro benzene ring substituents is 1. The van der Waals surface area contributed by atoms with Gasteiger partial charge in [-0.25, -0.2) is 13.1 Å². The van der Waals surface area contributed by atoms with Crippen LogP contribution in [0.4, 0.5) is 11.4 Å². The molecule has 1 N–H and O–H groups in total. The van der Waals surface area contributed by atoms with Gasteiger partial charge in [0.15, 0.2) is 0 Å². The minimum atomic E-state index is -3.84. The summed E-state index contributed by atoms with van der Waals surface area (Å²) in [5, 5.41) is 11.5. The van der Waals surface area contributed by atoms with E-state index >= 15 is 0 Å². The maximum absolute atomic E-state index is 12.4. The van der Waals surface area contributed by atoms with Crippen LogP contribution in [0.5, 0.6) is 0 Å². The summed E-state index contributed by atoms with van der Waals surface area (Å²) in [6.07, 6.45) is -0.122. The second kappa shape index (κ2) is 6.89. The van der Waals surface area contributed by atoms with Crippen molar-refractivity contribution in [3.05, 3.63) is 28.3 Å². The Bertz CT molecular complexity index is 748. The van der Waals surface area contributed by atoms with E-state index in [1.165, 1.54) is 12.1 Å². The molecule has 1 aromatic rings. The summed E-state index contributed by atoms with van der Waals surface area (Å²) in [7, 11) is -3.84. The zero-order valence-electron chi connectivity index (χ0n) is 15.1. The zero-order chi connectivity index (χ0) is 19.0. The van der Waals surface area contributed by atoms with Gasteiger partial charge >= 0.3 is 0 Å². The first-order chi connectivity index (χ1) is 11.4. The molecule has 8 nitrogen and oxygen atoms in total. The van der Waals surface area contributed by atoms with Crippen LogP contribution in [0.1, 0.15) is 34.6 Å². The number of ether oxygens (including phenoxy) is 1. The average molecular weight is 371 g/mol. The second-order valence-electron chi connectivity index (χ2n) is 7.43. The van der Waals surface area contributed by atoms with Gasteiger partial charge in [-0.3, -0.25) is 10.1 Å². The first-order valence-corrected chi connectivity index (χ1v) is 9.60. The van der Waals surface area contributed by atoms with Crippen LogP contribution < -0.4 is 9.62 Å². The number of nitrogens with zero attached hydrogens (tertiary/aromatic N) is 2. The van der Waals surface area contributed by atoms with Crippen LogP contribution in [0, 0.1) is 10.1 Å². The zero-order valence-corrected chi connectivity index (χ0v) is 16.0. The molecule has 0 saturated carbocycles. The molecule has 0 radical (unpaired) electrons. The van der Waals surface area contributed by atoms with E-state index in [9.17, 15) is 18.5 Å². The van der Waals surface area contributed by atoms with Crippen LogP contribution in [0.25, 0.3) is 0 Å². The number of rotatable bonds is 4. The third-order valence-corrected chi connectivity index (χ3v) is 5.41. The standard InChI is InChI=1S/C16H25N3O5S/c1-11-9-18(10-12(2)24-11)14-7-6-13(8-15(14)19(20)21)25(22,23)17-16(3,4)5/h6-8,11-12,17H,9-10H2,1-5H3/t11-,12+. The Morgan fingerprint density at radius 1 is 1.24 bits per heavy atom. The van der Waals surface area contributed by atoms with E-state index in [1.54, 1.807) is 20.8 Å². The van der Waals surface area contributed by atoms with Crippen molar-refractivity contribution in [3.63, 3.8) is 0 Å². The lowest BCUT2D eigenvalue weighted by molar-refractivity contribution is -0.384. The lowest BCUT2D eigenvalue weighted by Gasteiger charge is -2.36. The Morgan fingerprint density at radius 3 is 2.28 bits per heavy atom. The molecule has 0 aliphatic carbocycles. The Hall–Kier alpha value is -1.71. The number of sulfonamides is 1. The molecule has 1 fully saturated rings. The fraction of sp³-hybridized carbons (Fsp3) is 0.625. The maximum atomic E-state index is 12.4. The van der Waals surface area contributed by atoms with E-state index in [0.29, 0.717) is 18.8 Å². The van der Waals surface area contributed by atoms with Crippen LogP contribution in [0.2, 0.25) is 0 Å². The van der Waals surface area contributed by atoms with Crippen molar-refractivity contribution in [2.45, 2.75) is 57.3 Å². The number of hydrogen-bond donors (Lipinski definition) is 1. The van der Waals surface area contributed by atoms with Crippen molar-refractivity contribution >= 4 is 21.4 Å². The molecule has 2 atom stereocenters. The molecular formula is C16H25N3O5S. The lowest BCUT2D eigenvalue weighted by Crippen LogP contribution is -2.45. The van der Waals surface area contributed by atoms with Gasteiger partial charge in [0, 0.05) is 24.7 Å².